The van der Waals surface area contributed by atoms with E-state index < -0.39 is 11.9 Å². The summed E-state index contributed by atoms with van der Waals surface area (Å²) in [7, 11) is 5.83. The molecule has 0 aliphatic heterocycles. The zero-order chi connectivity index (χ0) is 24.2. The van der Waals surface area contributed by atoms with Crippen molar-refractivity contribution in [3.8, 4) is 23.0 Å². The minimum absolute atomic E-state index is 0.145. The number of carbonyl (C=O) groups is 2. The minimum Gasteiger partial charge on any atom is -0.493 e. The van der Waals surface area contributed by atoms with E-state index in [1.165, 1.54) is 52.7 Å². The molecule has 0 aromatic heterocycles. The number of benzene rings is 2. The summed E-state index contributed by atoms with van der Waals surface area (Å²) >= 11 is 0. The second kappa shape index (κ2) is 13.1. The molecule has 0 atom stereocenters. The third-order valence-electron chi connectivity index (χ3n) is 4.29. The minimum atomic E-state index is -0.821. The third kappa shape index (κ3) is 7.26. The Hall–Kier alpha value is -3.50. The van der Waals surface area contributed by atoms with Crippen LogP contribution in [0.5, 0.6) is 23.0 Å². The highest BCUT2D eigenvalue weighted by Gasteiger charge is 2.22. The van der Waals surface area contributed by atoms with E-state index in [9.17, 15) is 9.59 Å². The van der Waals surface area contributed by atoms with Crippen LogP contribution < -0.4 is 18.9 Å². The molecule has 2 aromatic rings. The first-order valence-corrected chi connectivity index (χ1v) is 9.84. The van der Waals surface area contributed by atoms with Gasteiger partial charge in [0.25, 0.3) is 0 Å². The van der Waals surface area contributed by atoms with Gasteiger partial charge in [-0.05, 0) is 42.8 Å². The second-order valence-electron chi connectivity index (χ2n) is 6.38. The van der Waals surface area contributed by atoms with Gasteiger partial charge in [-0.3, -0.25) is 9.78 Å². The molecule has 0 fully saturated rings. The number of ether oxygens (including phenoxy) is 4. The maximum atomic E-state index is 12.3. The number of rotatable bonds is 13. The molecule has 0 amide bonds. The van der Waals surface area contributed by atoms with E-state index in [0.29, 0.717) is 35.8 Å². The van der Waals surface area contributed by atoms with Crippen LogP contribution in [0.4, 0.5) is 0 Å². The van der Waals surface area contributed by atoms with E-state index in [2.05, 4.69) is 6.92 Å². The van der Waals surface area contributed by atoms with Gasteiger partial charge in [0.05, 0.1) is 39.6 Å². The van der Waals surface area contributed by atoms with Crippen molar-refractivity contribution >= 4 is 11.9 Å². The summed E-state index contributed by atoms with van der Waals surface area (Å²) in [5.74, 6) is -0.0662. The average molecular weight is 462 g/mol. The lowest BCUT2D eigenvalue weighted by atomic mass is 10.2. The van der Waals surface area contributed by atoms with E-state index in [4.69, 9.17) is 38.5 Å². The van der Waals surface area contributed by atoms with E-state index in [1.54, 1.807) is 12.1 Å². The number of carbonyl (C=O) groups excluding carboxylic acids is 2. The Labute approximate surface area is 192 Å². The van der Waals surface area contributed by atoms with E-state index in [1.807, 2.05) is 0 Å². The molecule has 0 aliphatic carbocycles. The molecule has 0 aliphatic rings. The zero-order valence-electron chi connectivity index (χ0n) is 18.9. The van der Waals surface area contributed by atoms with Crippen LogP contribution in [0.3, 0.4) is 0 Å². The molecule has 0 saturated heterocycles. The predicted octanol–water partition coefficient (Wildman–Crippen LogP) is 4.09. The Balaban J connectivity index is 1.99. The molecule has 0 saturated carbocycles. The first-order valence-electron chi connectivity index (χ1n) is 9.84. The van der Waals surface area contributed by atoms with Crippen LogP contribution in [-0.4, -0.2) is 40.4 Å². The number of methoxy groups -OCH3 is 4. The summed E-state index contributed by atoms with van der Waals surface area (Å²) in [4.78, 5) is 44.2. The zero-order valence-corrected chi connectivity index (χ0v) is 18.9. The Morgan fingerprint density at radius 3 is 1.45 bits per heavy atom. The maximum Gasteiger partial charge on any atom is 0.373 e. The highest BCUT2D eigenvalue weighted by Crippen LogP contribution is 2.29. The van der Waals surface area contributed by atoms with Gasteiger partial charge in [0.2, 0.25) is 0 Å². The monoisotopic (exact) mass is 462 g/mol. The molecule has 0 unspecified atom stereocenters. The van der Waals surface area contributed by atoms with Gasteiger partial charge in [-0.15, -0.1) is 9.78 Å². The van der Waals surface area contributed by atoms with Gasteiger partial charge in [0.1, 0.15) is 0 Å². The van der Waals surface area contributed by atoms with Crippen LogP contribution in [0.15, 0.2) is 36.4 Å². The van der Waals surface area contributed by atoms with Gasteiger partial charge in [-0.2, -0.15) is 0 Å². The van der Waals surface area contributed by atoms with Crippen molar-refractivity contribution in [1.82, 2.24) is 0 Å². The van der Waals surface area contributed by atoms with E-state index in [0.717, 1.165) is 0 Å². The van der Waals surface area contributed by atoms with Crippen LogP contribution in [0.1, 0.15) is 40.0 Å². The molecular weight excluding hydrogens is 436 g/mol. The predicted molar refractivity (Wildman–Crippen MR) is 115 cm³/mol. The van der Waals surface area contributed by atoms with Gasteiger partial charge >= 0.3 is 18.2 Å². The Bertz CT molecular complexity index is 856. The molecule has 2 aromatic carbocycles. The summed E-state index contributed by atoms with van der Waals surface area (Å²) in [5.41, 5.74) is 0.290. The lowest BCUT2D eigenvalue weighted by Gasteiger charge is -2.14. The molecule has 10 heteroatoms. The topological polar surface area (TPSA) is 108 Å². The standard InChI is InChI=1S/C23H26O10/c1-6-7-8-21(30-32-22(24)15-9-11-17(26-2)19(13-15)28-4)31-33-23(25)16-10-12-18(27-3)20(14-16)29-5/h9-14H,1,6-8H2,2-5H3. The summed E-state index contributed by atoms with van der Waals surface area (Å²) < 4.78 is 20.6. The second-order valence-corrected chi connectivity index (χ2v) is 6.38. The lowest BCUT2D eigenvalue weighted by Crippen LogP contribution is -2.16. The number of hydrogen-bond acceptors (Lipinski definition) is 10. The van der Waals surface area contributed by atoms with Gasteiger partial charge < -0.3 is 18.9 Å². The normalized spacial score (nSPS) is 10.5. The largest absolute Gasteiger partial charge is 0.493 e. The van der Waals surface area contributed by atoms with Gasteiger partial charge in [0.15, 0.2) is 23.0 Å². The Morgan fingerprint density at radius 1 is 0.667 bits per heavy atom. The maximum absolute atomic E-state index is 12.3. The highest BCUT2D eigenvalue weighted by molar-refractivity contribution is 5.90. The molecule has 178 valence electrons. The van der Waals surface area contributed by atoms with Crippen molar-refractivity contribution in [3.63, 3.8) is 0 Å². The van der Waals surface area contributed by atoms with Crippen LogP contribution in [-0.2, 0) is 19.6 Å². The first kappa shape index (κ1) is 25.8. The summed E-state index contributed by atoms with van der Waals surface area (Å²) in [5, 5.41) is 0. The Kier molecular flexibility index (Phi) is 10.3. The Morgan fingerprint density at radius 2 is 1.09 bits per heavy atom. The van der Waals surface area contributed by atoms with Gasteiger partial charge in [0, 0.05) is 6.42 Å². The molecule has 0 heterocycles. The van der Waals surface area contributed by atoms with Crippen molar-refractivity contribution in [2.75, 3.05) is 28.4 Å². The molecule has 0 N–H and O–H groups in total. The van der Waals surface area contributed by atoms with Crippen molar-refractivity contribution in [1.29, 1.82) is 0 Å². The molecule has 10 nitrogen and oxygen atoms in total. The number of hydrogen-bond donors (Lipinski definition) is 0. The molecule has 0 bridgehead atoms. The smallest absolute Gasteiger partial charge is 0.373 e. The highest BCUT2D eigenvalue weighted by atomic mass is 17.3. The molecule has 0 spiro atoms. The number of unbranched alkanes of at least 4 members (excludes halogenated alkanes) is 1. The van der Waals surface area contributed by atoms with Gasteiger partial charge in [-0.1, -0.05) is 13.3 Å². The van der Waals surface area contributed by atoms with Gasteiger partial charge in [-0.25, -0.2) is 9.59 Å². The third-order valence-corrected chi connectivity index (χ3v) is 4.29. The first-order chi connectivity index (χ1) is 16.0. The van der Waals surface area contributed by atoms with Crippen LogP contribution >= 0.6 is 0 Å². The van der Waals surface area contributed by atoms with Crippen molar-refractivity contribution in [2.24, 2.45) is 0 Å². The van der Waals surface area contributed by atoms with E-state index >= 15 is 0 Å². The molecule has 33 heavy (non-hydrogen) atoms. The fourth-order valence-corrected chi connectivity index (χ4v) is 2.56. The fraction of sp³-hybridized carbons (Fsp3) is 0.304. The molecule has 2 rings (SSSR count). The molecule has 2 radical (unpaired) electrons. The van der Waals surface area contributed by atoms with Crippen molar-refractivity contribution in [2.45, 2.75) is 19.3 Å². The van der Waals surface area contributed by atoms with Crippen molar-refractivity contribution in [3.05, 3.63) is 60.7 Å². The summed E-state index contributed by atoms with van der Waals surface area (Å²) in [6.07, 6.45) is 1.00. The summed E-state index contributed by atoms with van der Waals surface area (Å²) in [6, 6.07) is 8.89. The lowest BCUT2D eigenvalue weighted by molar-refractivity contribution is -0.363. The summed E-state index contributed by atoms with van der Waals surface area (Å²) in [6.45, 7) is 3.72. The van der Waals surface area contributed by atoms with Crippen molar-refractivity contribution < 1.29 is 48.1 Å². The molecular formula is C23H26O10. The van der Waals surface area contributed by atoms with E-state index in [-0.39, 0.29) is 23.8 Å². The van der Waals surface area contributed by atoms with Crippen LogP contribution in [0, 0.1) is 13.2 Å². The average Bonchev–Trinajstić information content (AvgIpc) is 2.86. The quantitative estimate of drug-likeness (QED) is 0.319. The van der Waals surface area contributed by atoms with Crippen LogP contribution in [0.25, 0.3) is 0 Å². The fourth-order valence-electron chi connectivity index (χ4n) is 2.56. The SMILES string of the molecule is [CH2]CCC[C](OOC(=O)c1ccc(OC)c(OC)c1)OOC(=O)c1ccc(OC)c(OC)c1. The van der Waals surface area contributed by atoms with Crippen LogP contribution in [0.2, 0.25) is 0 Å².